The van der Waals surface area contributed by atoms with Crippen molar-refractivity contribution < 1.29 is 14.3 Å². The van der Waals surface area contributed by atoms with Crippen LogP contribution in [0.4, 0.5) is 4.39 Å². The van der Waals surface area contributed by atoms with Crippen molar-refractivity contribution in [1.29, 1.82) is 0 Å². The van der Waals surface area contributed by atoms with E-state index >= 15 is 0 Å². The van der Waals surface area contributed by atoms with Crippen LogP contribution in [0.5, 0.6) is 0 Å². The molecule has 1 N–H and O–H groups in total. The predicted octanol–water partition coefficient (Wildman–Crippen LogP) is 2.84. The van der Waals surface area contributed by atoms with E-state index < -0.39 is 5.97 Å². The minimum absolute atomic E-state index is 0.132. The second kappa shape index (κ2) is 4.89. The molecule has 1 aromatic carbocycles. The van der Waals surface area contributed by atoms with E-state index in [-0.39, 0.29) is 17.9 Å². The van der Waals surface area contributed by atoms with Gasteiger partial charge in [-0.05, 0) is 19.1 Å². The van der Waals surface area contributed by atoms with Crippen LogP contribution < -0.4 is 0 Å². The summed E-state index contributed by atoms with van der Waals surface area (Å²) in [5.41, 5.74) is 1.10. The van der Waals surface area contributed by atoms with Gasteiger partial charge in [0.05, 0.1) is 18.4 Å². The summed E-state index contributed by atoms with van der Waals surface area (Å²) in [5.74, 6) is -1.38. The Morgan fingerprint density at radius 3 is 2.83 bits per heavy atom. The Bertz CT molecular complexity index is 610. The lowest BCUT2D eigenvalue weighted by molar-refractivity contribution is 0.0696. The van der Waals surface area contributed by atoms with Gasteiger partial charge in [0.2, 0.25) is 0 Å². The first-order chi connectivity index (χ1) is 8.49. The zero-order valence-corrected chi connectivity index (χ0v) is 11.1. The van der Waals surface area contributed by atoms with E-state index in [0.717, 1.165) is 0 Å². The minimum atomic E-state index is -1.03. The fourth-order valence-corrected chi connectivity index (χ4v) is 1.96. The summed E-state index contributed by atoms with van der Waals surface area (Å²) in [6.07, 6.45) is 1.27. The lowest BCUT2D eigenvalue weighted by atomic mass is 10.2. The number of hydrogen-bond donors (Lipinski definition) is 1. The largest absolute Gasteiger partial charge is 0.478 e. The Morgan fingerprint density at radius 1 is 1.56 bits per heavy atom. The molecule has 0 unspecified atom stereocenters. The first kappa shape index (κ1) is 12.8. The topological polar surface area (TPSA) is 55.1 Å². The monoisotopic (exact) mass is 312 g/mol. The van der Waals surface area contributed by atoms with Crippen LogP contribution in [0.3, 0.4) is 0 Å². The van der Waals surface area contributed by atoms with Crippen molar-refractivity contribution in [1.82, 2.24) is 9.78 Å². The highest BCUT2D eigenvalue weighted by Crippen LogP contribution is 2.17. The summed E-state index contributed by atoms with van der Waals surface area (Å²) < 4.78 is 15.8. The van der Waals surface area contributed by atoms with E-state index in [1.165, 1.54) is 16.9 Å². The van der Waals surface area contributed by atoms with Gasteiger partial charge < -0.3 is 5.11 Å². The number of carboxylic acid groups (broad SMARTS) is 1. The third-order valence-electron chi connectivity index (χ3n) is 2.67. The van der Waals surface area contributed by atoms with Gasteiger partial charge in [-0.15, -0.1) is 0 Å². The molecule has 0 bridgehead atoms. The molecule has 0 radical (unpaired) electrons. The summed E-state index contributed by atoms with van der Waals surface area (Å²) in [4.78, 5) is 10.9. The van der Waals surface area contributed by atoms with Crippen molar-refractivity contribution in [3.63, 3.8) is 0 Å². The number of halogens is 2. The highest BCUT2D eigenvalue weighted by Gasteiger charge is 2.13. The number of aromatic carboxylic acids is 1. The van der Waals surface area contributed by atoms with Gasteiger partial charge in [0.25, 0.3) is 0 Å². The van der Waals surface area contributed by atoms with Gasteiger partial charge in [-0.3, -0.25) is 4.68 Å². The third kappa shape index (κ3) is 2.43. The van der Waals surface area contributed by atoms with Crippen molar-refractivity contribution in [2.75, 3.05) is 0 Å². The van der Waals surface area contributed by atoms with Crippen LogP contribution >= 0.6 is 15.9 Å². The molecule has 1 heterocycles. The molecule has 4 nitrogen and oxygen atoms in total. The summed E-state index contributed by atoms with van der Waals surface area (Å²) in [5, 5.41) is 12.9. The zero-order chi connectivity index (χ0) is 13.3. The van der Waals surface area contributed by atoms with Crippen molar-refractivity contribution in [2.24, 2.45) is 0 Å². The van der Waals surface area contributed by atoms with Gasteiger partial charge in [0.15, 0.2) is 0 Å². The second-order valence-corrected chi connectivity index (χ2v) is 4.76. The average Bonchev–Trinajstić information content (AvgIpc) is 2.64. The van der Waals surface area contributed by atoms with Gasteiger partial charge in [-0.1, -0.05) is 22.0 Å². The summed E-state index contributed by atoms with van der Waals surface area (Å²) in [6.45, 7) is 1.85. The Morgan fingerprint density at radius 2 is 2.28 bits per heavy atom. The van der Waals surface area contributed by atoms with Crippen molar-refractivity contribution in [2.45, 2.75) is 13.5 Å². The molecular formula is C12H10BrFN2O2. The molecule has 0 aliphatic carbocycles. The van der Waals surface area contributed by atoms with E-state index in [1.807, 2.05) is 0 Å². The van der Waals surface area contributed by atoms with Crippen LogP contribution in [0.1, 0.15) is 21.6 Å². The van der Waals surface area contributed by atoms with Gasteiger partial charge in [0, 0.05) is 10.0 Å². The average molecular weight is 313 g/mol. The maximum Gasteiger partial charge on any atom is 0.339 e. The van der Waals surface area contributed by atoms with Gasteiger partial charge in [-0.2, -0.15) is 5.10 Å². The van der Waals surface area contributed by atoms with Crippen LogP contribution in [0.2, 0.25) is 0 Å². The molecule has 94 valence electrons. The summed E-state index contributed by atoms with van der Waals surface area (Å²) >= 11 is 3.18. The minimum Gasteiger partial charge on any atom is -0.478 e. The van der Waals surface area contributed by atoms with Crippen LogP contribution in [0.15, 0.2) is 28.9 Å². The number of carboxylic acids is 1. The summed E-state index contributed by atoms with van der Waals surface area (Å²) in [7, 11) is 0. The van der Waals surface area contributed by atoms with Crippen molar-refractivity contribution in [3.05, 3.63) is 51.5 Å². The molecule has 6 heteroatoms. The number of aromatic nitrogens is 2. The highest BCUT2D eigenvalue weighted by molar-refractivity contribution is 9.10. The third-order valence-corrected chi connectivity index (χ3v) is 3.16. The van der Waals surface area contributed by atoms with Crippen molar-refractivity contribution in [3.8, 4) is 0 Å². The summed E-state index contributed by atoms with van der Waals surface area (Å²) in [6, 6.07) is 4.74. The second-order valence-electron chi connectivity index (χ2n) is 3.84. The fourth-order valence-electron chi connectivity index (χ4n) is 1.63. The molecule has 0 amide bonds. The number of benzene rings is 1. The van der Waals surface area contributed by atoms with Crippen LogP contribution in [-0.4, -0.2) is 20.9 Å². The molecule has 0 saturated heterocycles. The normalized spacial score (nSPS) is 10.6. The van der Waals surface area contributed by atoms with Crippen molar-refractivity contribution >= 4 is 21.9 Å². The smallest absolute Gasteiger partial charge is 0.339 e. The van der Waals surface area contributed by atoms with Gasteiger partial charge in [-0.25, -0.2) is 9.18 Å². The first-order valence-electron chi connectivity index (χ1n) is 5.18. The molecule has 2 rings (SSSR count). The molecule has 2 aromatic rings. The highest BCUT2D eigenvalue weighted by atomic mass is 79.9. The molecule has 0 saturated carbocycles. The van der Waals surface area contributed by atoms with E-state index in [2.05, 4.69) is 21.0 Å². The maximum atomic E-state index is 13.6. The molecule has 0 spiro atoms. The number of hydrogen-bond acceptors (Lipinski definition) is 2. The molecule has 0 atom stereocenters. The van der Waals surface area contributed by atoms with Crippen LogP contribution in [-0.2, 0) is 6.54 Å². The van der Waals surface area contributed by atoms with Crippen LogP contribution in [0.25, 0.3) is 0 Å². The lowest BCUT2D eigenvalue weighted by Crippen LogP contribution is -2.07. The number of carbonyl (C=O) groups is 1. The van der Waals surface area contributed by atoms with Crippen LogP contribution in [0, 0.1) is 12.7 Å². The zero-order valence-electron chi connectivity index (χ0n) is 9.52. The Hall–Kier alpha value is -1.69. The van der Waals surface area contributed by atoms with E-state index in [4.69, 9.17) is 5.11 Å². The Kier molecular flexibility index (Phi) is 3.47. The molecule has 0 fully saturated rings. The quantitative estimate of drug-likeness (QED) is 0.948. The molecular weight excluding hydrogens is 303 g/mol. The Labute approximate surface area is 111 Å². The van der Waals surface area contributed by atoms with Gasteiger partial charge in [0.1, 0.15) is 11.4 Å². The van der Waals surface area contributed by atoms with E-state index in [9.17, 15) is 9.18 Å². The SMILES string of the molecule is Cc1c(C(=O)O)cnn1Cc1ccc(Br)cc1F. The maximum absolute atomic E-state index is 13.6. The first-order valence-corrected chi connectivity index (χ1v) is 5.98. The predicted molar refractivity (Wildman–Crippen MR) is 67.1 cm³/mol. The number of rotatable bonds is 3. The number of nitrogens with zero attached hydrogens (tertiary/aromatic N) is 2. The molecule has 18 heavy (non-hydrogen) atoms. The Balaban J connectivity index is 2.32. The molecule has 0 aliphatic rings. The standard InChI is InChI=1S/C12H10BrFN2O2/c1-7-10(12(17)18)5-15-16(7)6-8-2-3-9(13)4-11(8)14/h2-5H,6H2,1H3,(H,17,18). The molecule has 0 aliphatic heterocycles. The molecule has 1 aromatic heterocycles. The van der Waals surface area contributed by atoms with E-state index in [1.54, 1.807) is 19.1 Å². The fraction of sp³-hybridized carbons (Fsp3) is 0.167. The lowest BCUT2D eigenvalue weighted by Gasteiger charge is -2.06. The van der Waals surface area contributed by atoms with E-state index in [0.29, 0.717) is 15.7 Å². The van der Waals surface area contributed by atoms with Gasteiger partial charge >= 0.3 is 5.97 Å².